The molecule has 1 atom stereocenters. The van der Waals surface area contributed by atoms with E-state index in [4.69, 9.17) is 11.6 Å². The molecule has 0 bridgehead atoms. The molecule has 1 unspecified atom stereocenters. The lowest BCUT2D eigenvalue weighted by atomic mass is 10.1. The molecule has 2 aromatic carbocycles. The number of thioether (sulfide) groups is 1. The largest absolute Gasteiger partial charge is 0.418 e. The second-order valence-corrected chi connectivity index (χ2v) is 8.03. The molecule has 0 aliphatic carbocycles. The number of nitrogens with zero attached hydrogens (tertiary/aromatic N) is 2. The zero-order chi connectivity index (χ0) is 21.2. The van der Waals surface area contributed by atoms with Crippen LogP contribution in [-0.4, -0.2) is 20.7 Å². The van der Waals surface area contributed by atoms with Crippen molar-refractivity contribution in [3.8, 4) is 11.3 Å². The molecular formula is C20H17ClF3N3OS. The molecule has 29 heavy (non-hydrogen) atoms. The van der Waals surface area contributed by atoms with Crippen LogP contribution in [0.5, 0.6) is 0 Å². The lowest BCUT2D eigenvalue weighted by Crippen LogP contribution is -2.24. The number of aromatic nitrogens is 2. The van der Waals surface area contributed by atoms with E-state index < -0.39 is 22.9 Å². The Labute approximate surface area is 175 Å². The first kappa shape index (κ1) is 21.3. The summed E-state index contributed by atoms with van der Waals surface area (Å²) < 4.78 is 41.5. The molecule has 3 aromatic rings. The Bertz CT molecular complexity index is 1020. The highest BCUT2D eigenvalue weighted by Gasteiger charge is 2.34. The maximum atomic E-state index is 13.2. The van der Waals surface area contributed by atoms with E-state index in [1.807, 2.05) is 41.9 Å². The maximum absolute atomic E-state index is 13.2. The molecule has 0 aliphatic rings. The highest BCUT2D eigenvalue weighted by atomic mass is 35.5. The Balaban J connectivity index is 1.75. The molecule has 0 radical (unpaired) electrons. The summed E-state index contributed by atoms with van der Waals surface area (Å²) in [6, 6.07) is 12.9. The summed E-state index contributed by atoms with van der Waals surface area (Å²) >= 11 is 6.83. The van der Waals surface area contributed by atoms with E-state index in [2.05, 4.69) is 10.3 Å². The Kier molecular flexibility index (Phi) is 6.24. The molecule has 0 spiro atoms. The SMILES string of the molecule is CC(Sc1ncc(-c2ccccc2)n1C)C(=O)Nc1ccc(Cl)cc1C(F)(F)F. The van der Waals surface area contributed by atoms with Crippen LogP contribution in [-0.2, 0) is 18.0 Å². The average molecular weight is 440 g/mol. The van der Waals surface area contributed by atoms with Crippen LogP contribution < -0.4 is 5.32 Å². The minimum atomic E-state index is -4.63. The number of hydrogen-bond acceptors (Lipinski definition) is 3. The van der Waals surface area contributed by atoms with Gasteiger partial charge in [0.25, 0.3) is 0 Å². The maximum Gasteiger partial charge on any atom is 0.418 e. The van der Waals surface area contributed by atoms with Crippen molar-refractivity contribution in [1.82, 2.24) is 9.55 Å². The number of imidazole rings is 1. The van der Waals surface area contributed by atoms with E-state index in [1.165, 1.54) is 6.07 Å². The predicted molar refractivity (Wildman–Crippen MR) is 109 cm³/mol. The fourth-order valence-electron chi connectivity index (χ4n) is 2.69. The zero-order valence-corrected chi connectivity index (χ0v) is 17.1. The van der Waals surface area contributed by atoms with Gasteiger partial charge in [-0.05, 0) is 30.7 Å². The van der Waals surface area contributed by atoms with E-state index in [0.717, 1.165) is 35.2 Å². The van der Waals surface area contributed by atoms with Gasteiger partial charge in [0, 0.05) is 12.1 Å². The minimum absolute atomic E-state index is 0.0563. The van der Waals surface area contributed by atoms with Gasteiger partial charge < -0.3 is 9.88 Å². The molecule has 9 heteroatoms. The molecule has 4 nitrogen and oxygen atoms in total. The van der Waals surface area contributed by atoms with E-state index in [0.29, 0.717) is 5.16 Å². The summed E-state index contributed by atoms with van der Waals surface area (Å²) in [5.41, 5.74) is 0.531. The standard InChI is InChI=1S/C20H17ClF3N3OS/c1-12(18(28)26-16-9-8-14(21)10-15(16)20(22,23)24)29-19-25-11-17(27(19)2)13-6-4-3-5-7-13/h3-12H,1-2H3,(H,26,28). The highest BCUT2D eigenvalue weighted by Crippen LogP contribution is 2.37. The molecule has 0 fully saturated rings. The number of nitrogens with one attached hydrogen (secondary N) is 1. The minimum Gasteiger partial charge on any atom is -0.325 e. The Morgan fingerprint density at radius 1 is 1.21 bits per heavy atom. The van der Waals surface area contributed by atoms with Gasteiger partial charge in [-0.15, -0.1) is 0 Å². The van der Waals surface area contributed by atoms with E-state index in [1.54, 1.807) is 13.1 Å². The van der Waals surface area contributed by atoms with Gasteiger partial charge in [0.15, 0.2) is 5.16 Å². The number of carbonyl (C=O) groups excluding carboxylic acids is 1. The Hall–Kier alpha value is -2.45. The predicted octanol–water partition coefficient (Wildman–Crippen LogP) is 5.88. The fraction of sp³-hybridized carbons (Fsp3) is 0.200. The normalized spacial score (nSPS) is 12.6. The fourth-order valence-corrected chi connectivity index (χ4v) is 3.71. The van der Waals surface area contributed by atoms with Crippen molar-refractivity contribution in [3.63, 3.8) is 0 Å². The van der Waals surface area contributed by atoms with Crippen LogP contribution in [0.3, 0.4) is 0 Å². The number of halogens is 4. The van der Waals surface area contributed by atoms with Crippen LogP contribution in [0.4, 0.5) is 18.9 Å². The van der Waals surface area contributed by atoms with Crippen LogP contribution in [0.15, 0.2) is 59.9 Å². The van der Waals surface area contributed by atoms with Crippen molar-refractivity contribution in [2.45, 2.75) is 23.5 Å². The van der Waals surface area contributed by atoms with Gasteiger partial charge in [0.2, 0.25) is 5.91 Å². The van der Waals surface area contributed by atoms with Crippen molar-refractivity contribution < 1.29 is 18.0 Å². The second-order valence-electron chi connectivity index (χ2n) is 6.29. The number of rotatable bonds is 5. The zero-order valence-electron chi connectivity index (χ0n) is 15.5. The number of amides is 1. The number of carbonyl (C=O) groups is 1. The lowest BCUT2D eigenvalue weighted by Gasteiger charge is -2.16. The summed E-state index contributed by atoms with van der Waals surface area (Å²) in [5, 5.41) is 2.20. The van der Waals surface area contributed by atoms with Gasteiger partial charge in [0.05, 0.1) is 28.4 Å². The number of benzene rings is 2. The van der Waals surface area contributed by atoms with E-state index in [9.17, 15) is 18.0 Å². The van der Waals surface area contributed by atoms with Crippen molar-refractivity contribution in [3.05, 3.63) is 65.3 Å². The molecule has 3 rings (SSSR count). The Morgan fingerprint density at radius 2 is 1.90 bits per heavy atom. The third-order valence-electron chi connectivity index (χ3n) is 4.21. The van der Waals surface area contributed by atoms with Gasteiger partial charge in [-0.3, -0.25) is 4.79 Å². The smallest absolute Gasteiger partial charge is 0.325 e. The quantitative estimate of drug-likeness (QED) is 0.505. The number of alkyl halides is 3. The summed E-state index contributed by atoms with van der Waals surface area (Å²) in [6.07, 6.45) is -2.93. The second kappa shape index (κ2) is 8.51. The van der Waals surface area contributed by atoms with Crippen LogP contribution in [0.25, 0.3) is 11.3 Å². The lowest BCUT2D eigenvalue weighted by molar-refractivity contribution is -0.137. The van der Waals surface area contributed by atoms with Crippen molar-refractivity contribution in [2.24, 2.45) is 7.05 Å². The summed E-state index contributed by atoms with van der Waals surface area (Å²) in [7, 11) is 1.82. The van der Waals surface area contributed by atoms with Crippen LogP contribution in [0, 0.1) is 0 Å². The summed E-state index contributed by atoms with van der Waals surface area (Å²) in [6.45, 7) is 1.61. The molecule has 1 heterocycles. The first-order chi connectivity index (χ1) is 13.7. The van der Waals surface area contributed by atoms with Crippen LogP contribution in [0.2, 0.25) is 5.02 Å². The molecule has 1 aromatic heterocycles. The molecule has 0 aliphatic heterocycles. The van der Waals surface area contributed by atoms with Crippen molar-refractivity contribution in [1.29, 1.82) is 0 Å². The van der Waals surface area contributed by atoms with Gasteiger partial charge in [-0.1, -0.05) is 53.7 Å². The third kappa shape index (κ3) is 4.94. The van der Waals surface area contributed by atoms with E-state index in [-0.39, 0.29) is 10.7 Å². The first-order valence-electron chi connectivity index (χ1n) is 8.58. The number of anilines is 1. The molecule has 0 saturated heterocycles. The van der Waals surface area contributed by atoms with Crippen LogP contribution >= 0.6 is 23.4 Å². The molecular weight excluding hydrogens is 423 g/mol. The first-order valence-corrected chi connectivity index (χ1v) is 9.84. The van der Waals surface area contributed by atoms with Gasteiger partial charge >= 0.3 is 6.18 Å². The number of hydrogen-bond donors (Lipinski definition) is 1. The topological polar surface area (TPSA) is 46.9 Å². The van der Waals surface area contributed by atoms with Gasteiger partial charge in [-0.25, -0.2) is 4.98 Å². The molecule has 0 saturated carbocycles. The summed E-state index contributed by atoms with van der Waals surface area (Å²) in [5.74, 6) is -0.563. The monoisotopic (exact) mass is 439 g/mol. The third-order valence-corrected chi connectivity index (χ3v) is 5.60. The summed E-state index contributed by atoms with van der Waals surface area (Å²) in [4.78, 5) is 16.8. The molecule has 1 amide bonds. The van der Waals surface area contributed by atoms with Crippen LogP contribution in [0.1, 0.15) is 12.5 Å². The highest BCUT2D eigenvalue weighted by molar-refractivity contribution is 8.00. The Morgan fingerprint density at radius 3 is 2.55 bits per heavy atom. The van der Waals surface area contributed by atoms with Gasteiger partial charge in [-0.2, -0.15) is 13.2 Å². The average Bonchev–Trinajstić information content (AvgIpc) is 3.03. The van der Waals surface area contributed by atoms with E-state index >= 15 is 0 Å². The van der Waals surface area contributed by atoms with Crippen molar-refractivity contribution in [2.75, 3.05) is 5.32 Å². The molecule has 152 valence electrons. The van der Waals surface area contributed by atoms with Gasteiger partial charge in [0.1, 0.15) is 0 Å². The molecule has 1 N–H and O–H groups in total. The van der Waals surface area contributed by atoms with Crippen molar-refractivity contribution >= 4 is 35.0 Å².